The van der Waals surface area contributed by atoms with E-state index < -0.39 is 0 Å². The fraction of sp³-hybridized carbons (Fsp3) is 0.739. The third kappa shape index (κ3) is 2.77. The van der Waals surface area contributed by atoms with Gasteiger partial charge in [0.05, 0.1) is 6.10 Å². The molecule has 4 aliphatic carbocycles. The normalized spacial score (nSPS) is 41.8. The van der Waals surface area contributed by atoms with Crippen LogP contribution in [0.1, 0.15) is 63.4 Å². The number of aliphatic hydroxyl groups excluding tert-OH is 1. The molecule has 1 aromatic carbocycles. The molecule has 0 radical (unpaired) electrons. The van der Waals surface area contributed by atoms with E-state index in [4.69, 9.17) is 0 Å². The molecule has 0 amide bonds. The van der Waals surface area contributed by atoms with Gasteiger partial charge in [-0.15, -0.1) is 0 Å². The van der Waals surface area contributed by atoms with Crippen LogP contribution in [0.5, 0.6) is 0 Å². The Hall–Kier alpha value is -0.860. The van der Waals surface area contributed by atoms with Gasteiger partial charge in [0.2, 0.25) is 0 Å². The van der Waals surface area contributed by atoms with Crippen LogP contribution in [-0.4, -0.2) is 35.7 Å². The van der Waals surface area contributed by atoms with Gasteiger partial charge in [-0.3, -0.25) is 0 Å². The van der Waals surface area contributed by atoms with Crippen LogP contribution in [0, 0.1) is 17.3 Å². The van der Waals surface area contributed by atoms with Crippen molar-refractivity contribution in [2.24, 2.45) is 17.3 Å². The number of nitrogens with zero attached hydrogens (tertiary/aromatic N) is 1. The number of benzene rings is 1. The lowest BCUT2D eigenvalue weighted by molar-refractivity contribution is -0.139. The second kappa shape index (κ2) is 6.09. The fourth-order valence-electron chi connectivity index (χ4n) is 7.43. The van der Waals surface area contributed by atoms with E-state index in [0.717, 1.165) is 18.4 Å². The van der Waals surface area contributed by atoms with Crippen molar-refractivity contribution in [1.82, 2.24) is 4.90 Å². The van der Waals surface area contributed by atoms with Crippen LogP contribution in [0.25, 0.3) is 0 Å². The van der Waals surface area contributed by atoms with Gasteiger partial charge in [-0.25, -0.2) is 0 Å². The highest BCUT2D eigenvalue weighted by Crippen LogP contribution is 2.66. The molecule has 2 nitrogen and oxygen atoms in total. The number of piperidine rings is 1. The van der Waals surface area contributed by atoms with E-state index in [2.05, 4.69) is 35.2 Å². The first kappa shape index (κ1) is 16.3. The Morgan fingerprint density at radius 1 is 0.960 bits per heavy atom. The summed E-state index contributed by atoms with van der Waals surface area (Å²) in [6.45, 7) is 3.32. The highest BCUT2D eigenvalue weighted by molar-refractivity contribution is 5.30. The zero-order chi connectivity index (χ0) is 16.9. The van der Waals surface area contributed by atoms with Gasteiger partial charge in [0.25, 0.3) is 0 Å². The summed E-state index contributed by atoms with van der Waals surface area (Å²) in [5.74, 6) is 1.69. The number of hydrogen-bond acceptors (Lipinski definition) is 2. The molecule has 0 aromatic heterocycles. The maximum Gasteiger partial charge on any atom is 0.0723 e. The highest BCUT2D eigenvalue weighted by atomic mass is 16.3. The molecule has 1 heterocycles. The van der Waals surface area contributed by atoms with Crippen molar-refractivity contribution in [2.75, 3.05) is 19.6 Å². The van der Waals surface area contributed by atoms with E-state index >= 15 is 0 Å². The van der Waals surface area contributed by atoms with Gasteiger partial charge in [0.1, 0.15) is 0 Å². The molecule has 0 spiro atoms. The van der Waals surface area contributed by atoms with Gasteiger partial charge in [0.15, 0.2) is 0 Å². The Morgan fingerprint density at radius 3 is 2.32 bits per heavy atom. The summed E-state index contributed by atoms with van der Waals surface area (Å²) < 4.78 is 0. The Labute approximate surface area is 152 Å². The number of aliphatic hydroxyl groups is 1. The summed E-state index contributed by atoms with van der Waals surface area (Å²) in [5.41, 5.74) is 2.10. The van der Waals surface area contributed by atoms with Gasteiger partial charge in [-0.2, -0.15) is 0 Å². The third-order valence-electron chi connectivity index (χ3n) is 8.08. The predicted octanol–water partition coefficient (Wildman–Crippen LogP) is 4.37. The summed E-state index contributed by atoms with van der Waals surface area (Å²) >= 11 is 0. The van der Waals surface area contributed by atoms with E-state index in [1.165, 1.54) is 70.9 Å². The van der Waals surface area contributed by atoms with Crippen molar-refractivity contribution in [3.8, 4) is 0 Å². The molecule has 5 atom stereocenters. The number of likely N-dealkylation sites (tertiary alicyclic amines) is 1. The highest BCUT2D eigenvalue weighted by Gasteiger charge is 2.60. The van der Waals surface area contributed by atoms with Crippen LogP contribution in [0.15, 0.2) is 30.3 Å². The average molecular weight is 340 g/mol. The molecule has 4 bridgehead atoms. The first-order chi connectivity index (χ1) is 12.2. The number of β-amino-alcohol motifs (C(OH)–C–C–N with tert-alkyl or cyclic N) is 1. The topological polar surface area (TPSA) is 23.5 Å². The first-order valence-corrected chi connectivity index (χ1v) is 10.6. The van der Waals surface area contributed by atoms with E-state index in [1.54, 1.807) is 5.56 Å². The number of rotatable bonds is 4. The number of hydrogen-bond donors (Lipinski definition) is 1. The lowest BCUT2D eigenvalue weighted by Gasteiger charge is -2.64. The zero-order valence-corrected chi connectivity index (χ0v) is 15.5. The van der Waals surface area contributed by atoms with Gasteiger partial charge in [-0.05, 0) is 92.7 Å². The van der Waals surface area contributed by atoms with Crippen LogP contribution in [0.4, 0.5) is 0 Å². The van der Waals surface area contributed by atoms with Gasteiger partial charge >= 0.3 is 0 Å². The van der Waals surface area contributed by atoms with Crippen molar-refractivity contribution in [3.05, 3.63) is 35.9 Å². The smallest absolute Gasteiger partial charge is 0.0723 e. The quantitative estimate of drug-likeness (QED) is 0.880. The van der Waals surface area contributed by atoms with E-state index in [-0.39, 0.29) is 11.5 Å². The lowest BCUT2D eigenvalue weighted by atomic mass is 9.42. The minimum atomic E-state index is -0.125. The largest absolute Gasteiger partial charge is 0.391 e. The standard InChI is InChI=1S/C23H33NO/c25-21(16-24-9-5-2-6-10-24)23-14-18-11-19(15-23)13-22(12-18,17-23)20-7-3-1-4-8-20/h1,3-4,7-8,18-19,21,25H,2,5-6,9-17H2/t18-,19+,21-,22?,23?/m1/s1. The van der Waals surface area contributed by atoms with Crippen LogP contribution < -0.4 is 0 Å². The Bertz CT molecular complexity index is 592. The average Bonchev–Trinajstić information content (AvgIpc) is 2.62. The van der Waals surface area contributed by atoms with Gasteiger partial charge in [-0.1, -0.05) is 36.8 Å². The monoisotopic (exact) mass is 339 g/mol. The molecule has 1 aromatic rings. The summed E-state index contributed by atoms with van der Waals surface area (Å²) in [5, 5.41) is 11.4. The van der Waals surface area contributed by atoms with E-state index in [1.807, 2.05) is 0 Å². The molecule has 6 rings (SSSR count). The molecule has 136 valence electrons. The molecule has 1 saturated heterocycles. The summed E-state index contributed by atoms with van der Waals surface area (Å²) in [7, 11) is 0. The second-order valence-electron chi connectivity index (χ2n) is 9.85. The molecular weight excluding hydrogens is 306 g/mol. The molecule has 2 unspecified atom stereocenters. The Kier molecular flexibility index (Phi) is 3.98. The molecule has 1 aliphatic heterocycles. The minimum absolute atomic E-state index is 0.125. The summed E-state index contributed by atoms with van der Waals surface area (Å²) in [6.07, 6.45) is 11.8. The second-order valence-corrected chi connectivity index (χ2v) is 9.85. The lowest BCUT2D eigenvalue weighted by Crippen LogP contribution is -2.59. The summed E-state index contributed by atoms with van der Waals surface area (Å²) in [6, 6.07) is 11.3. The van der Waals surface area contributed by atoms with Gasteiger partial charge < -0.3 is 10.0 Å². The van der Waals surface area contributed by atoms with Crippen molar-refractivity contribution in [2.45, 2.75) is 69.3 Å². The molecule has 25 heavy (non-hydrogen) atoms. The molecule has 5 fully saturated rings. The molecule has 2 heteroatoms. The Morgan fingerprint density at radius 2 is 1.64 bits per heavy atom. The Balaban J connectivity index is 1.41. The van der Waals surface area contributed by atoms with Gasteiger partial charge in [0, 0.05) is 6.54 Å². The predicted molar refractivity (Wildman–Crippen MR) is 102 cm³/mol. The molecule has 1 N–H and O–H groups in total. The maximum atomic E-state index is 11.4. The maximum absolute atomic E-state index is 11.4. The fourth-order valence-corrected chi connectivity index (χ4v) is 7.43. The third-order valence-corrected chi connectivity index (χ3v) is 8.08. The van der Waals surface area contributed by atoms with Crippen molar-refractivity contribution >= 4 is 0 Å². The zero-order valence-electron chi connectivity index (χ0n) is 15.5. The SMILES string of the molecule is O[C@H](CN1CCCCC1)C12C[C@@H]3C[C@@H](CC(c4ccccc4)(C3)C1)C2. The van der Waals surface area contributed by atoms with Crippen LogP contribution in [-0.2, 0) is 5.41 Å². The summed E-state index contributed by atoms with van der Waals surface area (Å²) in [4.78, 5) is 2.54. The van der Waals surface area contributed by atoms with E-state index in [0.29, 0.717) is 5.41 Å². The van der Waals surface area contributed by atoms with Crippen LogP contribution >= 0.6 is 0 Å². The van der Waals surface area contributed by atoms with Crippen molar-refractivity contribution < 1.29 is 5.11 Å². The van der Waals surface area contributed by atoms with Crippen LogP contribution in [0.2, 0.25) is 0 Å². The van der Waals surface area contributed by atoms with Crippen molar-refractivity contribution in [1.29, 1.82) is 0 Å². The molecular formula is C23H33NO. The first-order valence-electron chi connectivity index (χ1n) is 10.6. The van der Waals surface area contributed by atoms with Crippen molar-refractivity contribution in [3.63, 3.8) is 0 Å². The van der Waals surface area contributed by atoms with E-state index in [9.17, 15) is 5.11 Å². The minimum Gasteiger partial charge on any atom is -0.391 e. The molecule has 5 aliphatic rings. The molecule has 4 saturated carbocycles. The van der Waals surface area contributed by atoms with Crippen LogP contribution in [0.3, 0.4) is 0 Å².